The Kier molecular flexibility index (Phi) is 3.55. The van der Waals surface area contributed by atoms with Gasteiger partial charge in [0, 0.05) is 0 Å². The van der Waals surface area contributed by atoms with E-state index >= 15 is 0 Å². The van der Waals surface area contributed by atoms with Crippen molar-refractivity contribution in [2.45, 2.75) is 27.4 Å². The van der Waals surface area contributed by atoms with E-state index in [1.807, 2.05) is 20.8 Å². The number of aromatic nitrogens is 1. The second-order valence-corrected chi connectivity index (χ2v) is 4.38. The van der Waals surface area contributed by atoms with Crippen LogP contribution in [0, 0.1) is 20.8 Å². The Morgan fingerprint density at radius 3 is 2.63 bits per heavy atom. The van der Waals surface area contributed by atoms with Gasteiger partial charge in [-0.2, -0.15) is 0 Å². The minimum absolute atomic E-state index is 0.252. The van der Waals surface area contributed by atoms with E-state index in [9.17, 15) is 4.79 Å². The first-order chi connectivity index (χ1) is 8.99. The lowest BCUT2D eigenvalue weighted by atomic mass is 10.1. The van der Waals surface area contributed by atoms with Crippen LogP contribution in [0.2, 0.25) is 0 Å². The zero-order valence-electron chi connectivity index (χ0n) is 11.1. The third-order valence-corrected chi connectivity index (χ3v) is 2.98. The molecule has 100 valence electrons. The first-order valence-electron chi connectivity index (χ1n) is 5.87. The Bertz CT molecular complexity index is 596. The normalized spacial score (nSPS) is 10.5. The van der Waals surface area contributed by atoms with Gasteiger partial charge in [-0.15, -0.1) is 0 Å². The van der Waals surface area contributed by atoms with Crippen molar-refractivity contribution in [2.75, 3.05) is 0 Å². The SMILES string of the molecule is Cc1cc(C(=O)O)ccc1OCc1c(C)noc1C. The predicted molar refractivity (Wildman–Crippen MR) is 68.4 cm³/mol. The van der Waals surface area contributed by atoms with E-state index in [4.69, 9.17) is 14.4 Å². The summed E-state index contributed by atoms with van der Waals surface area (Å²) in [6.07, 6.45) is 0. The van der Waals surface area contributed by atoms with Crippen molar-refractivity contribution in [3.05, 3.63) is 46.3 Å². The van der Waals surface area contributed by atoms with Crippen LogP contribution in [0.3, 0.4) is 0 Å². The molecule has 1 N–H and O–H groups in total. The summed E-state index contributed by atoms with van der Waals surface area (Å²) in [5.41, 5.74) is 2.76. The van der Waals surface area contributed by atoms with Gasteiger partial charge in [-0.1, -0.05) is 5.16 Å². The topological polar surface area (TPSA) is 72.6 Å². The van der Waals surface area contributed by atoms with Gasteiger partial charge < -0.3 is 14.4 Å². The molecule has 0 aliphatic rings. The van der Waals surface area contributed by atoms with Crippen LogP contribution in [-0.4, -0.2) is 16.2 Å². The number of hydrogen-bond donors (Lipinski definition) is 1. The fourth-order valence-corrected chi connectivity index (χ4v) is 1.80. The molecule has 0 aliphatic carbocycles. The van der Waals surface area contributed by atoms with Gasteiger partial charge in [0.05, 0.1) is 16.8 Å². The number of carboxylic acids is 1. The predicted octanol–water partition coefficient (Wildman–Crippen LogP) is 2.88. The molecular formula is C14H15NO4. The number of aromatic carboxylic acids is 1. The molecule has 0 spiro atoms. The van der Waals surface area contributed by atoms with Crippen molar-refractivity contribution in [2.24, 2.45) is 0 Å². The van der Waals surface area contributed by atoms with Gasteiger partial charge in [-0.25, -0.2) is 4.79 Å². The summed E-state index contributed by atoms with van der Waals surface area (Å²) in [7, 11) is 0. The van der Waals surface area contributed by atoms with Crippen molar-refractivity contribution in [3.63, 3.8) is 0 Å². The lowest BCUT2D eigenvalue weighted by Gasteiger charge is -2.09. The molecule has 0 aliphatic heterocycles. The van der Waals surface area contributed by atoms with Gasteiger partial charge in [0.1, 0.15) is 18.1 Å². The highest BCUT2D eigenvalue weighted by atomic mass is 16.5. The maximum absolute atomic E-state index is 10.8. The third-order valence-electron chi connectivity index (χ3n) is 2.98. The molecule has 1 aromatic carbocycles. The van der Waals surface area contributed by atoms with E-state index < -0.39 is 5.97 Å². The van der Waals surface area contributed by atoms with Crippen LogP contribution >= 0.6 is 0 Å². The van der Waals surface area contributed by atoms with E-state index in [0.29, 0.717) is 12.4 Å². The largest absolute Gasteiger partial charge is 0.488 e. The number of carbonyl (C=O) groups is 1. The quantitative estimate of drug-likeness (QED) is 0.916. The Morgan fingerprint density at radius 1 is 1.37 bits per heavy atom. The average molecular weight is 261 g/mol. The molecular weight excluding hydrogens is 246 g/mol. The zero-order valence-corrected chi connectivity index (χ0v) is 11.1. The van der Waals surface area contributed by atoms with Crippen molar-refractivity contribution in [1.82, 2.24) is 5.16 Å². The summed E-state index contributed by atoms with van der Waals surface area (Å²) >= 11 is 0. The third kappa shape index (κ3) is 2.76. The van der Waals surface area contributed by atoms with E-state index in [0.717, 1.165) is 22.6 Å². The van der Waals surface area contributed by atoms with E-state index in [1.165, 1.54) is 6.07 Å². The van der Waals surface area contributed by atoms with Crippen LogP contribution in [0.5, 0.6) is 5.75 Å². The number of rotatable bonds is 4. The summed E-state index contributed by atoms with van der Waals surface area (Å²) in [5.74, 6) is 0.447. The van der Waals surface area contributed by atoms with Gasteiger partial charge in [0.15, 0.2) is 0 Å². The van der Waals surface area contributed by atoms with Crippen LogP contribution in [0.1, 0.15) is 32.9 Å². The molecule has 0 amide bonds. The summed E-state index contributed by atoms with van der Waals surface area (Å²) in [4.78, 5) is 10.8. The smallest absolute Gasteiger partial charge is 0.335 e. The first-order valence-corrected chi connectivity index (χ1v) is 5.87. The van der Waals surface area contributed by atoms with Gasteiger partial charge in [0.25, 0.3) is 0 Å². The molecule has 5 nitrogen and oxygen atoms in total. The van der Waals surface area contributed by atoms with Gasteiger partial charge in [0.2, 0.25) is 0 Å². The van der Waals surface area contributed by atoms with Crippen LogP contribution in [0.25, 0.3) is 0 Å². The van der Waals surface area contributed by atoms with Crippen LogP contribution in [0.4, 0.5) is 0 Å². The molecule has 1 aromatic heterocycles. The molecule has 0 saturated heterocycles. The van der Waals surface area contributed by atoms with Crippen molar-refractivity contribution in [3.8, 4) is 5.75 Å². The number of carboxylic acid groups (broad SMARTS) is 1. The molecule has 1 heterocycles. The summed E-state index contributed by atoms with van der Waals surface area (Å²) < 4.78 is 10.7. The number of benzene rings is 1. The Morgan fingerprint density at radius 2 is 2.11 bits per heavy atom. The summed E-state index contributed by atoms with van der Waals surface area (Å²) in [6, 6.07) is 4.78. The van der Waals surface area contributed by atoms with Crippen LogP contribution in [-0.2, 0) is 6.61 Å². The number of ether oxygens (including phenoxy) is 1. The maximum atomic E-state index is 10.8. The highest BCUT2D eigenvalue weighted by Crippen LogP contribution is 2.22. The maximum Gasteiger partial charge on any atom is 0.335 e. The highest BCUT2D eigenvalue weighted by Gasteiger charge is 2.11. The van der Waals surface area contributed by atoms with Crippen molar-refractivity contribution < 1.29 is 19.2 Å². The molecule has 0 atom stereocenters. The first kappa shape index (κ1) is 13.1. The molecule has 19 heavy (non-hydrogen) atoms. The van der Waals surface area contributed by atoms with Gasteiger partial charge in [-0.3, -0.25) is 0 Å². The monoisotopic (exact) mass is 261 g/mol. The van der Waals surface area contributed by atoms with Gasteiger partial charge in [-0.05, 0) is 44.5 Å². The molecule has 5 heteroatoms. The van der Waals surface area contributed by atoms with E-state index in [2.05, 4.69) is 5.16 Å². The minimum atomic E-state index is -0.944. The molecule has 2 aromatic rings. The van der Waals surface area contributed by atoms with Crippen LogP contribution in [0.15, 0.2) is 22.7 Å². The highest BCUT2D eigenvalue weighted by molar-refractivity contribution is 5.88. The standard InChI is InChI=1S/C14H15NO4/c1-8-6-11(14(16)17)4-5-13(8)18-7-12-9(2)15-19-10(12)3/h4-6H,7H2,1-3H3,(H,16,17). The van der Waals surface area contributed by atoms with Gasteiger partial charge >= 0.3 is 5.97 Å². The fourth-order valence-electron chi connectivity index (χ4n) is 1.80. The Hall–Kier alpha value is -2.30. The van der Waals surface area contributed by atoms with E-state index in [1.54, 1.807) is 12.1 Å². The van der Waals surface area contributed by atoms with E-state index in [-0.39, 0.29) is 5.56 Å². The number of nitrogens with zero attached hydrogens (tertiary/aromatic N) is 1. The number of aryl methyl sites for hydroxylation is 3. The second kappa shape index (κ2) is 5.14. The lowest BCUT2D eigenvalue weighted by Crippen LogP contribution is -2.01. The Balaban J connectivity index is 2.14. The van der Waals surface area contributed by atoms with Crippen LogP contribution < -0.4 is 4.74 Å². The van der Waals surface area contributed by atoms with Crippen molar-refractivity contribution >= 4 is 5.97 Å². The molecule has 0 unspecified atom stereocenters. The second-order valence-electron chi connectivity index (χ2n) is 4.38. The molecule has 0 saturated carbocycles. The summed E-state index contributed by atoms with van der Waals surface area (Å²) in [5, 5.41) is 12.7. The number of hydrogen-bond acceptors (Lipinski definition) is 4. The molecule has 0 fully saturated rings. The molecule has 2 rings (SSSR count). The molecule has 0 radical (unpaired) electrons. The Labute approximate surface area is 110 Å². The summed E-state index contributed by atoms with van der Waals surface area (Å²) in [6.45, 7) is 5.86. The van der Waals surface area contributed by atoms with Crippen molar-refractivity contribution in [1.29, 1.82) is 0 Å². The minimum Gasteiger partial charge on any atom is -0.488 e. The zero-order chi connectivity index (χ0) is 14.0. The average Bonchev–Trinajstić information content (AvgIpc) is 2.68. The lowest BCUT2D eigenvalue weighted by molar-refractivity contribution is 0.0696. The fraction of sp³-hybridized carbons (Fsp3) is 0.286. The molecule has 0 bridgehead atoms.